The largest absolute Gasteiger partial charge is 0.455 e. The Kier molecular flexibility index (Phi) is 8.53. The van der Waals surface area contributed by atoms with Gasteiger partial charge in [0.1, 0.15) is 11.2 Å². The molecule has 13 aromatic rings. The second-order valence-electron chi connectivity index (χ2n) is 16.8. The van der Waals surface area contributed by atoms with Crippen molar-refractivity contribution in [1.82, 2.24) is 9.97 Å². The van der Waals surface area contributed by atoms with E-state index in [0.29, 0.717) is 5.82 Å². The number of fused-ring (bicyclic) bond motifs is 11. The maximum absolute atomic E-state index is 7.01. The summed E-state index contributed by atoms with van der Waals surface area (Å²) in [5.41, 5.74) is 13.5. The van der Waals surface area contributed by atoms with Crippen molar-refractivity contribution in [2.24, 2.45) is 0 Å². The molecule has 2 aromatic heterocycles. The van der Waals surface area contributed by atoms with Crippen molar-refractivity contribution in [2.75, 3.05) is 0 Å². The minimum absolute atomic E-state index is 0.709. The van der Waals surface area contributed by atoms with Gasteiger partial charge in [-0.05, 0) is 89.8 Å². The Balaban J connectivity index is 0.903. The van der Waals surface area contributed by atoms with Gasteiger partial charge in [-0.2, -0.15) is 0 Å². The molecule has 0 aliphatic heterocycles. The van der Waals surface area contributed by atoms with Gasteiger partial charge >= 0.3 is 0 Å². The van der Waals surface area contributed by atoms with E-state index in [1.807, 2.05) is 36.4 Å². The van der Waals surface area contributed by atoms with Crippen LogP contribution in [0.1, 0.15) is 0 Å². The van der Waals surface area contributed by atoms with Gasteiger partial charge < -0.3 is 4.42 Å². The van der Waals surface area contributed by atoms with E-state index < -0.39 is 0 Å². The molecule has 0 N–H and O–H groups in total. The van der Waals surface area contributed by atoms with Gasteiger partial charge in [-0.15, -0.1) is 0 Å². The molecule has 11 aromatic carbocycles. The second-order valence-corrected chi connectivity index (χ2v) is 16.8. The van der Waals surface area contributed by atoms with Crippen LogP contribution >= 0.6 is 0 Å². The lowest BCUT2D eigenvalue weighted by molar-refractivity contribution is 0.674. The van der Waals surface area contributed by atoms with Gasteiger partial charge in [0.15, 0.2) is 5.82 Å². The summed E-state index contributed by atoms with van der Waals surface area (Å²) in [6.45, 7) is 0. The van der Waals surface area contributed by atoms with E-state index in [9.17, 15) is 0 Å². The van der Waals surface area contributed by atoms with Crippen LogP contribution in [0.2, 0.25) is 0 Å². The predicted octanol–water partition coefficient (Wildman–Crippen LogP) is 17.0. The van der Waals surface area contributed by atoms with Crippen LogP contribution in [0.3, 0.4) is 0 Å². The highest BCUT2D eigenvalue weighted by atomic mass is 16.3. The van der Waals surface area contributed by atoms with Crippen molar-refractivity contribution in [3.63, 3.8) is 0 Å². The number of furan rings is 1. The number of hydrogen-bond donors (Lipinski definition) is 0. The average molecular weight is 827 g/mol. The molecule has 3 nitrogen and oxygen atoms in total. The first-order valence-corrected chi connectivity index (χ1v) is 22.1. The van der Waals surface area contributed by atoms with Crippen molar-refractivity contribution in [1.29, 1.82) is 0 Å². The molecular formula is C62H38N2O. The smallest absolute Gasteiger partial charge is 0.160 e. The van der Waals surface area contributed by atoms with Gasteiger partial charge in [0.05, 0.1) is 11.4 Å². The Hall–Kier alpha value is -8.66. The summed E-state index contributed by atoms with van der Waals surface area (Å²) in [6.07, 6.45) is 0. The van der Waals surface area contributed by atoms with Crippen LogP contribution in [0.15, 0.2) is 235 Å². The molecule has 0 amide bonds. The predicted molar refractivity (Wildman–Crippen MR) is 272 cm³/mol. The number of benzene rings is 11. The van der Waals surface area contributed by atoms with Crippen molar-refractivity contribution < 1.29 is 4.42 Å². The Morgan fingerprint density at radius 1 is 0.231 bits per heavy atom. The molecule has 0 saturated heterocycles. The number of para-hydroxylation sites is 1. The van der Waals surface area contributed by atoms with Gasteiger partial charge in [-0.25, -0.2) is 9.97 Å². The van der Waals surface area contributed by atoms with E-state index in [1.165, 1.54) is 37.9 Å². The summed E-state index contributed by atoms with van der Waals surface area (Å²) in [4.78, 5) is 10.0. The number of hydrogen-bond acceptors (Lipinski definition) is 3. The maximum atomic E-state index is 7.01. The molecule has 2 heterocycles. The molecule has 0 aliphatic carbocycles. The second kappa shape index (κ2) is 15.0. The molecule has 0 unspecified atom stereocenters. The zero-order valence-electron chi connectivity index (χ0n) is 35.2. The number of aromatic nitrogens is 2. The molecule has 0 spiro atoms. The highest BCUT2D eigenvalue weighted by molar-refractivity contribution is 6.26. The Labute approximate surface area is 375 Å². The lowest BCUT2D eigenvalue weighted by Crippen LogP contribution is -1.95. The summed E-state index contributed by atoms with van der Waals surface area (Å²) < 4.78 is 7.01. The average Bonchev–Trinajstić information content (AvgIpc) is 3.78. The third-order valence-corrected chi connectivity index (χ3v) is 13.1. The summed E-state index contributed by atoms with van der Waals surface area (Å²) >= 11 is 0. The quantitative estimate of drug-likeness (QED) is 0.157. The van der Waals surface area contributed by atoms with Crippen LogP contribution in [-0.4, -0.2) is 9.97 Å². The van der Waals surface area contributed by atoms with Crippen molar-refractivity contribution in [3.05, 3.63) is 231 Å². The zero-order chi connectivity index (χ0) is 42.8. The summed E-state index contributed by atoms with van der Waals surface area (Å²) in [6, 6.07) is 82.2. The minimum atomic E-state index is 0.709. The Bertz CT molecular complexity index is 3890. The number of nitrogens with zero attached hydrogens (tertiary/aromatic N) is 2. The van der Waals surface area contributed by atoms with Gasteiger partial charge in [0, 0.05) is 38.4 Å². The topological polar surface area (TPSA) is 38.9 Å². The van der Waals surface area contributed by atoms with E-state index in [2.05, 4.69) is 194 Å². The first-order chi connectivity index (χ1) is 32.2. The van der Waals surface area contributed by atoms with E-state index in [0.717, 1.165) is 88.6 Å². The highest BCUT2D eigenvalue weighted by Crippen LogP contribution is 2.44. The maximum Gasteiger partial charge on any atom is 0.160 e. The van der Waals surface area contributed by atoms with Gasteiger partial charge in [-0.3, -0.25) is 0 Å². The SMILES string of the molecule is c1ccc(-c2cc(-c3ccc(-c4cccc(-c5cc6c7cccc(-c8ccc9c%10ccccc%10c%10ccccc%10c9c8)c7oc6c6ccccc56)c4)cc3)nc(-c3ccccc3)n2)cc1. The fourth-order valence-electron chi connectivity index (χ4n) is 9.93. The molecule has 65 heavy (non-hydrogen) atoms. The van der Waals surface area contributed by atoms with Crippen LogP contribution in [0.5, 0.6) is 0 Å². The Morgan fingerprint density at radius 2 is 0.692 bits per heavy atom. The van der Waals surface area contributed by atoms with Crippen molar-refractivity contribution in [3.8, 4) is 67.3 Å². The summed E-state index contributed by atoms with van der Waals surface area (Å²) in [5.74, 6) is 0.709. The summed E-state index contributed by atoms with van der Waals surface area (Å²) in [7, 11) is 0. The molecule has 0 atom stereocenters. The fraction of sp³-hybridized carbons (Fsp3) is 0. The first kappa shape index (κ1) is 36.9. The first-order valence-electron chi connectivity index (χ1n) is 22.1. The molecule has 302 valence electrons. The highest BCUT2D eigenvalue weighted by Gasteiger charge is 2.19. The van der Waals surface area contributed by atoms with Crippen LogP contribution in [-0.2, 0) is 0 Å². The molecule has 0 fully saturated rings. The number of rotatable bonds is 6. The summed E-state index contributed by atoms with van der Waals surface area (Å²) in [5, 5.41) is 12.1. The molecular weight excluding hydrogens is 789 g/mol. The lowest BCUT2D eigenvalue weighted by Gasteiger charge is -2.12. The Morgan fingerprint density at radius 3 is 1.38 bits per heavy atom. The molecule has 0 bridgehead atoms. The molecule has 0 aliphatic rings. The molecule has 3 heteroatoms. The molecule has 0 radical (unpaired) electrons. The zero-order valence-corrected chi connectivity index (χ0v) is 35.2. The van der Waals surface area contributed by atoms with E-state index >= 15 is 0 Å². The lowest BCUT2D eigenvalue weighted by atomic mass is 9.91. The van der Waals surface area contributed by atoms with E-state index in [4.69, 9.17) is 14.4 Å². The van der Waals surface area contributed by atoms with Crippen LogP contribution in [0.4, 0.5) is 0 Å². The monoisotopic (exact) mass is 826 g/mol. The standard InChI is InChI=1S/C62H38N2O/c1-3-15-40(16-4-1)58-38-59(64-62(63-58)42-17-5-2-6-18-42)41-31-29-39(30-32-41)43-19-13-20-44(35-43)55-37-57-54-28-14-27-46(60(54)65-61(57)53-26-12-11-25-51(53)55)45-33-34-52-49-23-8-7-21-47(49)48-22-9-10-24-50(48)56(52)36-45/h1-38H. The van der Waals surface area contributed by atoms with E-state index in [1.54, 1.807) is 0 Å². The van der Waals surface area contributed by atoms with Crippen LogP contribution in [0, 0.1) is 0 Å². The van der Waals surface area contributed by atoms with Gasteiger partial charge in [0.25, 0.3) is 0 Å². The van der Waals surface area contributed by atoms with Gasteiger partial charge in [-0.1, -0.05) is 206 Å². The van der Waals surface area contributed by atoms with Crippen LogP contribution < -0.4 is 0 Å². The van der Waals surface area contributed by atoms with Crippen molar-refractivity contribution >= 4 is 65.0 Å². The van der Waals surface area contributed by atoms with Gasteiger partial charge in [0.2, 0.25) is 0 Å². The third-order valence-electron chi connectivity index (χ3n) is 13.1. The van der Waals surface area contributed by atoms with Crippen LogP contribution in [0.25, 0.3) is 132 Å². The normalized spacial score (nSPS) is 11.7. The minimum Gasteiger partial charge on any atom is -0.455 e. The van der Waals surface area contributed by atoms with E-state index in [-0.39, 0.29) is 0 Å². The molecule has 13 rings (SSSR count). The fourth-order valence-corrected chi connectivity index (χ4v) is 9.93. The van der Waals surface area contributed by atoms with Crippen molar-refractivity contribution in [2.45, 2.75) is 0 Å². The molecule has 0 saturated carbocycles. The third kappa shape index (κ3) is 6.20.